The third-order valence-corrected chi connectivity index (χ3v) is 8.49. The Morgan fingerprint density at radius 1 is 0.979 bits per heavy atom. The Balaban J connectivity index is 1.41. The standard InChI is InChI=1S/C39H40N4O4/c1-5-28-13-12-18-31(23-28)35-34(27(4)42-33(24-40)36(35)39(45)47-26(2)3)38(44)46-22-19-32-25-41-20-21-43(32)37(29-14-8-6-9-15-29)30-16-10-7-11-17-30/h1,6-18,23,26,32,35,37,41-42H,19-22,25H2,2-4H3. The minimum Gasteiger partial charge on any atom is -0.462 e. The first kappa shape index (κ1) is 33.2. The first-order valence-electron chi connectivity index (χ1n) is 16.0. The number of nitrogens with zero attached hydrogens (tertiary/aromatic N) is 2. The van der Waals surface area contributed by atoms with Crippen molar-refractivity contribution >= 4 is 11.9 Å². The maximum atomic E-state index is 14.0. The number of piperazine rings is 1. The van der Waals surface area contributed by atoms with Crippen molar-refractivity contribution in [3.63, 3.8) is 0 Å². The SMILES string of the molecule is C#Cc1cccc(C2C(C(=O)OCCC3CNCCN3C(c3ccccc3)c3ccccc3)=C(C)NC(C#N)=C2C(=O)OC(C)C)c1. The molecule has 0 amide bonds. The summed E-state index contributed by atoms with van der Waals surface area (Å²) in [6.07, 6.45) is 5.85. The van der Waals surface area contributed by atoms with Crippen molar-refractivity contribution in [2.75, 3.05) is 26.2 Å². The highest BCUT2D eigenvalue weighted by Gasteiger charge is 2.40. The van der Waals surface area contributed by atoms with Gasteiger partial charge in [0.1, 0.15) is 11.8 Å². The summed E-state index contributed by atoms with van der Waals surface area (Å²) in [7, 11) is 0. The third-order valence-electron chi connectivity index (χ3n) is 8.49. The number of nitriles is 1. The molecule has 3 aromatic carbocycles. The maximum absolute atomic E-state index is 14.0. The molecule has 0 spiro atoms. The molecule has 2 aliphatic heterocycles. The molecule has 0 aliphatic carbocycles. The molecule has 2 unspecified atom stereocenters. The van der Waals surface area contributed by atoms with Crippen LogP contribution >= 0.6 is 0 Å². The van der Waals surface area contributed by atoms with Gasteiger partial charge in [0, 0.05) is 36.9 Å². The number of esters is 2. The fourth-order valence-corrected chi connectivity index (χ4v) is 6.42. The monoisotopic (exact) mass is 628 g/mol. The van der Waals surface area contributed by atoms with Crippen LogP contribution in [0.4, 0.5) is 0 Å². The molecule has 8 heteroatoms. The van der Waals surface area contributed by atoms with Gasteiger partial charge in [-0.05, 0) is 56.0 Å². The topological polar surface area (TPSA) is 104 Å². The van der Waals surface area contributed by atoms with Crippen LogP contribution in [0.5, 0.6) is 0 Å². The van der Waals surface area contributed by atoms with E-state index in [-0.39, 0.29) is 35.5 Å². The van der Waals surface area contributed by atoms with Crippen LogP contribution in [-0.4, -0.2) is 55.2 Å². The normalized spacial score (nSPS) is 18.4. The van der Waals surface area contributed by atoms with Crippen molar-refractivity contribution in [2.24, 2.45) is 0 Å². The quantitative estimate of drug-likeness (QED) is 0.229. The fourth-order valence-electron chi connectivity index (χ4n) is 6.42. The van der Waals surface area contributed by atoms with Gasteiger partial charge < -0.3 is 20.1 Å². The summed E-state index contributed by atoms with van der Waals surface area (Å²) >= 11 is 0. The smallest absolute Gasteiger partial charge is 0.338 e. The second-order valence-electron chi connectivity index (χ2n) is 12.0. The number of rotatable bonds is 10. The Kier molecular flexibility index (Phi) is 10.9. The van der Waals surface area contributed by atoms with Crippen LogP contribution in [0.25, 0.3) is 0 Å². The van der Waals surface area contributed by atoms with Gasteiger partial charge in [-0.3, -0.25) is 4.90 Å². The molecule has 0 saturated carbocycles. The Bertz CT molecular complexity index is 1690. The number of allylic oxidation sites excluding steroid dienone is 2. The Morgan fingerprint density at radius 3 is 2.28 bits per heavy atom. The van der Waals surface area contributed by atoms with E-state index in [2.05, 4.69) is 76.1 Å². The molecule has 2 heterocycles. The fraction of sp³-hybridized carbons (Fsp3) is 0.308. The van der Waals surface area contributed by atoms with Crippen molar-refractivity contribution in [2.45, 2.75) is 51.3 Å². The average molecular weight is 629 g/mol. The highest BCUT2D eigenvalue weighted by molar-refractivity contribution is 6.00. The molecule has 240 valence electrons. The van der Waals surface area contributed by atoms with Crippen LogP contribution in [0.15, 0.2) is 107 Å². The average Bonchev–Trinajstić information content (AvgIpc) is 3.09. The van der Waals surface area contributed by atoms with E-state index in [1.54, 1.807) is 45.0 Å². The molecule has 0 bridgehead atoms. The van der Waals surface area contributed by atoms with Gasteiger partial charge in [-0.1, -0.05) is 78.7 Å². The predicted molar refractivity (Wildman–Crippen MR) is 180 cm³/mol. The van der Waals surface area contributed by atoms with Crippen LogP contribution in [0.3, 0.4) is 0 Å². The van der Waals surface area contributed by atoms with E-state index in [1.165, 1.54) is 11.1 Å². The van der Waals surface area contributed by atoms with Crippen LogP contribution in [-0.2, 0) is 19.1 Å². The summed E-state index contributed by atoms with van der Waals surface area (Å²) in [6, 6.07) is 30.2. The first-order chi connectivity index (χ1) is 22.8. The van der Waals surface area contributed by atoms with Gasteiger partial charge in [-0.15, -0.1) is 6.42 Å². The van der Waals surface area contributed by atoms with E-state index < -0.39 is 24.0 Å². The lowest BCUT2D eigenvalue weighted by atomic mass is 9.80. The van der Waals surface area contributed by atoms with Gasteiger partial charge in [0.05, 0.1) is 35.8 Å². The highest BCUT2D eigenvalue weighted by atomic mass is 16.5. The summed E-state index contributed by atoms with van der Waals surface area (Å²) in [5.41, 5.74) is 4.31. The molecule has 5 rings (SSSR count). The first-order valence-corrected chi connectivity index (χ1v) is 16.0. The van der Waals surface area contributed by atoms with Gasteiger partial charge in [0.2, 0.25) is 0 Å². The van der Waals surface area contributed by atoms with Crippen molar-refractivity contribution in [3.05, 3.63) is 130 Å². The second-order valence-corrected chi connectivity index (χ2v) is 12.0. The minimum atomic E-state index is -0.911. The lowest BCUT2D eigenvalue weighted by molar-refractivity contribution is -0.143. The second kappa shape index (κ2) is 15.4. The van der Waals surface area contributed by atoms with E-state index in [4.69, 9.17) is 15.9 Å². The molecule has 2 aliphatic rings. The number of hydrogen-bond donors (Lipinski definition) is 2. The zero-order valence-corrected chi connectivity index (χ0v) is 27.0. The molecular formula is C39H40N4O4. The molecule has 8 nitrogen and oxygen atoms in total. The molecule has 0 aromatic heterocycles. The minimum absolute atomic E-state index is 0.0256. The third kappa shape index (κ3) is 7.64. The van der Waals surface area contributed by atoms with Gasteiger partial charge in [0.25, 0.3) is 0 Å². The number of dihydropyridines is 1. The van der Waals surface area contributed by atoms with Gasteiger partial charge in [-0.2, -0.15) is 5.26 Å². The van der Waals surface area contributed by atoms with Crippen LogP contribution in [0.2, 0.25) is 0 Å². The molecule has 2 atom stereocenters. The number of carbonyl (C=O) groups excluding carboxylic acids is 2. The maximum Gasteiger partial charge on any atom is 0.338 e. The zero-order valence-electron chi connectivity index (χ0n) is 27.0. The molecular weight excluding hydrogens is 588 g/mol. The van der Waals surface area contributed by atoms with Gasteiger partial charge in [0.15, 0.2) is 0 Å². The van der Waals surface area contributed by atoms with Crippen molar-refractivity contribution in [1.29, 1.82) is 5.26 Å². The van der Waals surface area contributed by atoms with E-state index in [0.29, 0.717) is 23.2 Å². The summed E-state index contributed by atoms with van der Waals surface area (Å²) in [5.74, 6) is 0.445. The Hall–Kier alpha value is -5.15. The number of nitrogens with one attached hydrogen (secondary N) is 2. The number of hydrogen-bond acceptors (Lipinski definition) is 8. The van der Waals surface area contributed by atoms with Crippen LogP contribution < -0.4 is 10.6 Å². The van der Waals surface area contributed by atoms with Gasteiger partial charge >= 0.3 is 11.9 Å². The van der Waals surface area contributed by atoms with Crippen LogP contribution in [0, 0.1) is 23.7 Å². The Morgan fingerprint density at radius 2 is 1.66 bits per heavy atom. The van der Waals surface area contributed by atoms with E-state index in [9.17, 15) is 14.9 Å². The van der Waals surface area contributed by atoms with E-state index in [1.807, 2.05) is 12.1 Å². The lowest BCUT2D eigenvalue weighted by Crippen LogP contribution is -2.53. The molecule has 1 fully saturated rings. The molecule has 47 heavy (non-hydrogen) atoms. The predicted octanol–water partition coefficient (Wildman–Crippen LogP) is 5.35. The summed E-state index contributed by atoms with van der Waals surface area (Å²) in [5, 5.41) is 16.5. The number of ether oxygens (including phenoxy) is 2. The number of terminal acetylenes is 1. The zero-order chi connectivity index (χ0) is 33.3. The highest BCUT2D eigenvalue weighted by Crippen LogP contribution is 2.40. The molecule has 0 radical (unpaired) electrons. The largest absolute Gasteiger partial charge is 0.462 e. The molecule has 2 N–H and O–H groups in total. The Labute approximate surface area is 277 Å². The lowest BCUT2D eigenvalue weighted by Gasteiger charge is -2.42. The van der Waals surface area contributed by atoms with Crippen LogP contribution in [0.1, 0.15) is 61.4 Å². The van der Waals surface area contributed by atoms with E-state index in [0.717, 1.165) is 19.6 Å². The van der Waals surface area contributed by atoms with E-state index >= 15 is 0 Å². The summed E-state index contributed by atoms with van der Waals surface area (Å²) < 4.78 is 11.5. The molecule has 1 saturated heterocycles. The van der Waals surface area contributed by atoms with Gasteiger partial charge in [-0.25, -0.2) is 9.59 Å². The number of benzene rings is 3. The summed E-state index contributed by atoms with van der Waals surface area (Å²) in [4.78, 5) is 29.9. The summed E-state index contributed by atoms with van der Waals surface area (Å²) in [6.45, 7) is 7.75. The number of carbonyl (C=O) groups is 2. The van der Waals surface area contributed by atoms with Crippen molar-refractivity contribution < 1.29 is 19.1 Å². The van der Waals surface area contributed by atoms with Crippen molar-refractivity contribution in [3.8, 4) is 18.4 Å². The molecule has 3 aromatic rings. The van der Waals surface area contributed by atoms with Crippen molar-refractivity contribution in [1.82, 2.24) is 15.5 Å².